The SMILES string of the molecule is NCc1cccc2c1ccn2CCOCC(F)(F)F. The number of aromatic nitrogens is 1. The van der Waals surface area contributed by atoms with E-state index < -0.39 is 12.8 Å². The Morgan fingerprint density at radius 3 is 2.68 bits per heavy atom. The summed E-state index contributed by atoms with van der Waals surface area (Å²) >= 11 is 0. The zero-order valence-electron chi connectivity index (χ0n) is 10.3. The highest BCUT2D eigenvalue weighted by Gasteiger charge is 2.27. The summed E-state index contributed by atoms with van der Waals surface area (Å²) < 4.78 is 42.3. The molecule has 0 aliphatic rings. The van der Waals surface area contributed by atoms with E-state index in [1.165, 1.54) is 0 Å². The molecule has 0 aliphatic carbocycles. The van der Waals surface area contributed by atoms with E-state index in [0.717, 1.165) is 16.5 Å². The number of rotatable bonds is 5. The number of nitrogens with zero attached hydrogens (tertiary/aromatic N) is 1. The number of halogens is 3. The summed E-state index contributed by atoms with van der Waals surface area (Å²) in [4.78, 5) is 0. The first-order chi connectivity index (χ1) is 9.01. The van der Waals surface area contributed by atoms with Crippen LogP contribution < -0.4 is 5.73 Å². The minimum Gasteiger partial charge on any atom is -0.370 e. The van der Waals surface area contributed by atoms with Crippen molar-refractivity contribution in [2.45, 2.75) is 19.3 Å². The van der Waals surface area contributed by atoms with Gasteiger partial charge < -0.3 is 15.0 Å². The third-order valence-electron chi connectivity index (χ3n) is 2.87. The van der Waals surface area contributed by atoms with Crippen LogP contribution in [0.1, 0.15) is 5.56 Å². The van der Waals surface area contributed by atoms with Gasteiger partial charge in [-0.05, 0) is 17.7 Å². The van der Waals surface area contributed by atoms with Crippen LogP contribution in [0.15, 0.2) is 30.5 Å². The van der Waals surface area contributed by atoms with E-state index in [-0.39, 0.29) is 6.61 Å². The molecule has 0 amide bonds. The molecule has 2 aromatic rings. The first-order valence-electron chi connectivity index (χ1n) is 5.92. The largest absolute Gasteiger partial charge is 0.411 e. The zero-order chi connectivity index (χ0) is 13.9. The Kier molecular flexibility index (Phi) is 4.11. The molecule has 0 unspecified atom stereocenters. The number of nitrogens with two attached hydrogens (primary N) is 1. The zero-order valence-corrected chi connectivity index (χ0v) is 10.3. The highest BCUT2D eigenvalue weighted by atomic mass is 19.4. The van der Waals surface area contributed by atoms with Gasteiger partial charge in [-0.1, -0.05) is 12.1 Å². The van der Waals surface area contributed by atoms with Gasteiger partial charge in [-0.2, -0.15) is 13.2 Å². The van der Waals surface area contributed by atoms with Gasteiger partial charge in [0.15, 0.2) is 0 Å². The molecule has 1 aromatic heterocycles. The monoisotopic (exact) mass is 272 g/mol. The number of ether oxygens (including phenoxy) is 1. The third-order valence-corrected chi connectivity index (χ3v) is 2.87. The molecule has 3 nitrogen and oxygen atoms in total. The molecule has 0 saturated carbocycles. The Bertz CT molecular complexity index is 548. The molecule has 0 atom stereocenters. The van der Waals surface area contributed by atoms with Gasteiger partial charge in [-0.25, -0.2) is 0 Å². The number of alkyl halides is 3. The minimum atomic E-state index is -4.27. The van der Waals surface area contributed by atoms with Gasteiger partial charge in [-0.15, -0.1) is 0 Å². The van der Waals surface area contributed by atoms with Gasteiger partial charge in [-0.3, -0.25) is 0 Å². The van der Waals surface area contributed by atoms with Crippen molar-refractivity contribution in [2.24, 2.45) is 5.73 Å². The molecular formula is C13H15F3N2O. The molecule has 0 radical (unpaired) electrons. The molecule has 6 heteroatoms. The van der Waals surface area contributed by atoms with E-state index >= 15 is 0 Å². The lowest BCUT2D eigenvalue weighted by molar-refractivity contribution is -0.174. The van der Waals surface area contributed by atoms with Crippen molar-refractivity contribution in [3.05, 3.63) is 36.0 Å². The average molecular weight is 272 g/mol. The Balaban J connectivity index is 2.02. The lowest BCUT2D eigenvalue weighted by Crippen LogP contribution is -2.18. The van der Waals surface area contributed by atoms with Crippen molar-refractivity contribution < 1.29 is 17.9 Å². The Labute approximate surface area is 108 Å². The molecule has 1 heterocycles. The first-order valence-corrected chi connectivity index (χ1v) is 5.92. The Hall–Kier alpha value is -1.53. The van der Waals surface area contributed by atoms with Crippen LogP contribution in [-0.4, -0.2) is 24.0 Å². The van der Waals surface area contributed by atoms with E-state index in [4.69, 9.17) is 5.73 Å². The normalized spacial score (nSPS) is 12.2. The maximum absolute atomic E-state index is 11.9. The summed E-state index contributed by atoms with van der Waals surface area (Å²) in [5, 5.41) is 1.03. The summed E-state index contributed by atoms with van der Waals surface area (Å²) in [5.74, 6) is 0. The average Bonchev–Trinajstić information content (AvgIpc) is 2.76. The molecule has 0 bridgehead atoms. The molecule has 1 aromatic carbocycles. The van der Waals surface area contributed by atoms with E-state index in [1.54, 1.807) is 0 Å². The number of hydrogen-bond acceptors (Lipinski definition) is 2. The van der Waals surface area contributed by atoms with Crippen molar-refractivity contribution in [3.8, 4) is 0 Å². The van der Waals surface area contributed by atoms with Gasteiger partial charge >= 0.3 is 6.18 Å². The molecule has 0 saturated heterocycles. The van der Waals surface area contributed by atoms with Crippen LogP contribution in [-0.2, 0) is 17.8 Å². The van der Waals surface area contributed by atoms with Crippen molar-refractivity contribution in [3.63, 3.8) is 0 Å². The summed E-state index contributed by atoms with van der Waals surface area (Å²) in [6, 6.07) is 7.66. The van der Waals surface area contributed by atoms with Crippen LogP contribution in [0.5, 0.6) is 0 Å². The van der Waals surface area contributed by atoms with E-state index in [9.17, 15) is 13.2 Å². The molecule has 0 spiro atoms. The van der Waals surface area contributed by atoms with E-state index in [1.807, 2.05) is 35.0 Å². The standard InChI is InChI=1S/C13H15F3N2O/c14-13(15,16)9-19-7-6-18-5-4-11-10(8-17)2-1-3-12(11)18/h1-5H,6-9,17H2. The minimum absolute atomic E-state index is 0.0240. The van der Waals surface area contributed by atoms with Gasteiger partial charge in [0.2, 0.25) is 0 Å². The fraction of sp³-hybridized carbons (Fsp3) is 0.385. The van der Waals surface area contributed by atoms with Crippen LogP contribution in [0.2, 0.25) is 0 Å². The lowest BCUT2D eigenvalue weighted by Gasteiger charge is -2.09. The Morgan fingerprint density at radius 2 is 2.00 bits per heavy atom. The molecule has 104 valence electrons. The predicted molar refractivity (Wildman–Crippen MR) is 66.7 cm³/mol. The van der Waals surface area contributed by atoms with Crippen molar-refractivity contribution in [2.75, 3.05) is 13.2 Å². The van der Waals surface area contributed by atoms with Gasteiger partial charge in [0, 0.05) is 30.2 Å². The van der Waals surface area contributed by atoms with E-state index in [0.29, 0.717) is 13.1 Å². The predicted octanol–water partition coefficient (Wildman–Crippen LogP) is 2.68. The number of hydrogen-bond donors (Lipinski definition) is 1. The second-order valence-corrected chi connectivity index (χ2v) is 4.23. The maximum Gasteiger partial charge on any atom is 0.411 e. The molecule has 2 rings (SSSR count). The molecule has 0 fully saturated rings. The molecule has 0 aliphatic heterocycles. The smallest absolute Gasteiger partial charge is 0.370 e. The van der Waals surface area contributed by atoms with Crippen LogP contribution >= 0.6 is 0 Å². The van der Waals surface area contributed by atoms with Crippen LogP contribution in [0.4, 0.5) is 13.2 Å². The maximum atomic E-state index is 11.9. The fourth-order valence-corrected chi connectivity index (χ4v) is 2.01. The number of fused-ring (bicyclic) bond motifs is 1. The first kappa shape index (κ1) is 13.9. The quantitative estimate of drug-likeness (QED) is 0.850. The number of benzene rings is 1. The highest BCUT2D eigenvalue weighted by molar-refractivity contribution is 5.83. The molecular weight excluding hydrogens is 257 g/mol. The van der Waals surface area contributed by atoms with Crippen LogP contribution in [0.3, 0.4) is 0 Å². The third kappa shape index (κ3) is 3.48. The van der Waals surface area contributed by atoms with Crippen LogP contribution in [0.25, 0.3) is 10.9 Å². The topological polar surface area (TPSA) is 40.2 Å². The highest BCUT2D eigenvalue weighted by Crippen LogP contribution is 2.20. The van der Waals surface area contributed by atoms with Crippen molar-refractivity contribution in [1.82, 2.24) is 4.57 Å². The van der Waals surface area contributed by atoms with E-state index in [2.05, 4.69) is 4.74 Å². The molecule has 2 N–H and O–H groups in total. The van der Waals surface area contributed by atoms with Crippen molar-refractivity contribution in [1.29, 1.82) is 0 Å². The summed E-state index contributed by atoms with van der Waals surface area (Å²) in [6.45, 7) is -0.365. The van der Waals surface area contributed by atoms with Gasteiger partial charge in [0.05, 0.1) is 6.61 Å². The van der Waals surface area contributed by atoms with Crippen LogP contribution in [0, 0.1) is 0 Å². The summed E-state index contributed by atoms with van der Waals surface area (Å²) in [5.41, 5.74) is 7.61. The second kappa shape index (κ2) is 5.63. The summed E-state index contributed by atoms with van der Waals surface area (Å²) in [7, 11) is 0. The van der Waals surface area contributed by atoms with Gasteiger partial charge in [0.1, 0.15) is 6.61 Å². The second-order valence-electron chi connectivity index (χ2n) is 4.23. The summed E-state index contributed by atoms with van der Waals surface area (Å²) in [6.07, 6.45) is -2.44. The lowest BCUT2D eigenvalue weighted by atomic mass is 10.1. The Morgan fingerprint density at radius 1 is 1.21 bits per heavy atom. The van der Waals surface area contributed by atoms with Gasteiger partial charge in [0.25, 0.3) is 0 Å². The van der Waals surface area contributed by atoms with Crippen molar-refractivity contribution >= 4 is 10.9 Å². The fourth-order valence-electron chi connectivity index (χ4n) is 2.01. The molecule has 19 heavy (non-hydrogen) atoms.